The van der Waals surface area contributed by atoms with E-state index in [1.807, 2.05) is 32.9 Å². The highest BCUT2D eigenvalue weighted by Crippen LogP contribution is 2.34. The van der Waals surface area contributed by atoms with Gasteiger partial charge in [0.15, 0.2) is 0 Å². The summed E-state index contributed by atoms with van der Waals surface area (Å²) in [6, 6.07) is 7.37. The van der Waals surface area contributed by atoms with E-state index in [2.05, 4.69) is 4.90 Å². The highest BCUT2D eigenvalue weighted by atomic mass is 16.6. The van der Waals surface area contributed by atoms with Gasteiger partial charge in [0.25, 0.3) is 0 Å². The molecular formula is C21H25NO5. The molecule has 6 nitrogen and oxygen atoms in total. The fourth-order valence-electron chi connectivity index (χ4n) is 3.16. The molecule has 1 aliphatic heterocycles. The van der Waals surface area contributed by atoms with E-state index < -0.39 is 5.60 Å². The maximum absolute atomic E-state index is 12.2. The van der Waals surface area contributed by atoms with E-state index in [0.717, 1.165) is 11.4 Å². The Morgan fingerprint density at radius 1 is 1.07 bits per heavy atom. The summed E-state index contributed by atoms with van der Waals surface area (Å²) in [4.78, 5) is 26.1. The molecule has 27 heavy (non-hydrogen) atoms. The molecule has 0 spiro atoms. The highest BCUT2D eigenvalue weighted by molar-refractivity contribution is 5.90. The molecule has 1 aromatic rings. The molecule has 0 radical (unpaired) electrons. The molecular weight excluding hydrogens is 346 g/mol. The molecule has 0 bridgehead atoms. The van der Waals surface area contributed by atoms with Crippen molar-refractivity contribution in [2.24, 2.45) is 0 Å². The smallest absolute Gasteiger partial charge is 0.338 e. The number of hydrogen-bond donors (Lipinski definition) is 0. The summed E-state index contributed by atoms with van der Waals surface area (Å²) >= 11 is 0. The van der Waals surface area contributed by atoms with Crippen molar-refractivity contribution in [1.29, 1.82) is 0 Å². The molecule has 1 heterocycles. The second kappa shape index (κ2) is 7.47. The van der Waals surface area contributed by atoms with Gasteiger partial charge in [-0.05, 0) is 64.0 Å². The summed E-state index contributed by atoms with van der Waals surface area (Å²) in [5, 5.41) is 0. The van der Waals surface area contributed by atoms with Crippen molar-refractivity contribution in [3.63, 3.8) is 0 Å². The predicted octanol–water partition coefficient (Wildman–Crippen LogP) is 3.58. The minimum Gasteiger partial charge on any atom is -0.490 e. The SMILES string of the molecule is COC(=O)C1=CC2=C(CC1)N(c1ccc(C(=O)OC(C)(C)C)cc1)CCO2. The molecule has 1 aliphatic carbocycles. The first kappa shape index (κ1) is 19.0. The zero-order valence-corrected chi connectivity index (χ0v) is 16.2. The van der Waals surface area contributed by atoms with Crippen LogP contribution in [0.1, 0.15) is 44.0 Å². The van der Waals surface area contributed by atoms with Crippen molar-refractivity contribution in [3.05, 3.63) is 52.9 Å². The third-order valence-electron chi connectivity index (χ3n) is 4.38. The van der Waals surface area contributed by atoms with Gasteiger partial charge in [0.1, 0.15) is 18.0 Å². The molecule has 6 heteroatoms. The van der Waals surface area contributed by atoms with Crippen LogP contribution in [0.2, 0.25) is 0 Å². The van der Waals surface area contributed by atoms with Crippen LogP contribution in [-0.4, -0.2) is 37.8 Å². The van der Waals surface area contributed by atoms with E-state index >= 15 is 0 Å². The van der Waals surface area contributed by atoms with Gasteiger partial charge in [0.05, 0.1) is 24.9 Å². The minimum atomic E-state index is -0.522. The van der Waals surface area contributed by atoms with Crippen molar-refractivity contribution < 1.29 is 23.8 Å². The van der Waals surface area contributed by atoms with E-state index in [1.54, 1.807) is 18.2 Å². The lowest BCUT2D eigenvalue weighted by molar-refractivity contribution is -0.136. The second-order valence-corrected chi connectivity index (χ2v) is 7.52. The third kappa shape index (κ3) is 4.32. The number of benzene rings is 1. The molecule has 3 rings (SSSR count). The Morgan fingerprint density at radius 3 is 2.41 bits per heavy atom. The topological polar surface area (TPSA) is 65.1 Å². The van der Waals surface area contributed by atoms with Crippen molar-refractivity contribution in [2.45, 2.75) is 39.2 Å². The van der Waals surface area contributed by atoms with Crippen LogP contribution >= 0.6 is 0 Å². The van der Waals surface area contributed by atoms with Gasteiger partial charge >= 0.3 is 11.9 Å². The largest absolute Gasteiger partial charge is 0.490 e. The molecule has 144 valence electrons. The fourth-order valence-corrected chi connectivity index (χ4v) is 3.16. The summed E-state index contributed by atoms with van der Waals surface area (Å²) in [6.45, 7) is 6.78. The normalized spacial score (nSPS) is 16.9. The average molecular weight is 371 g/mol. The Bertz CT molecular complexity index is 799. The van der Waals surface area contributed by atoms with Crippen LogP contribution in [-0.2, 0) is 19.0 Å². The number of esters is 2. The molecule has 2 aliphatic rings. The molecule has 0 saturated heterocycles. The van der Waals surface area contributed by atoms with Gasteiger partial charge in [-0.2, -0.15) is 0 Å². The van der Waals surface area contributed by atoms with Crippen LogP contribution in [0.5, 0.6) is 0 Å². The first-order valence-electron chi connectivity index (χ1n) is 9.04. The van der Waals surface area contributed by atoms with Gasteiger partial charge < -0.3 is 19.1 Å². The van der Waals surface area contributed by atoms with E-state index in [4.69, 9.17) is 14.2 Å². The molecule has 0 N–H and O–H groups in total. The highest BCUT2D eigenvalue weighted by Gasteiger charge is 2.27. The van der Waals surface area contributed by atoms with Gasteiger partial charge in [-0.3, -0.25) is 0 Å². The Morgan fingerprint density at radius 2 is 1.78 bits per heavy atom. The predicted molar refractivity (Wildman–Crippen MR) is 101 cm³/mol. The Balaban J connectivity index is 1.81. The number of allylic oxidation sites excluding steroid dienone is 2. The Kier molecular flexibility index (Phi) is 5.26. The molecule has 0 amide bonds. The second-order valence-electron chi connectivity index (χ2n) is 7.52. The number of hydrogen-bond acceptors (Lipinski definition) is 6. The summed E-state index contributed by atoms with van der Waals surface area (Å²) < 4.78 is 16.0. The van der Waals surface area contributed by atoms with Crippen LogP contribution < -0.4 is 4.90 Å². The quantitative estimate of drug-likeness (QED) is 0.757. The summed E-state index contributed by atoms with van der Waals surface area (Å²) in [5.41, 5.74) is 2.64. The molecule has 1 aromatic carbocycles. The maximum Gasteiger partial charge on any atom is 0.338 e. The first-order valence-corrected chi connectivity index (χ1v) is 9.04. The van der Waals surface area contributed by atoms with E-state index in [9.17, 15) is 9.59 Å². The lowest BCUT2D eigenvalue weighted by Crippen LogP contribution is -2.34. The van der Waals surface area contributed by atoms with Gasteiger partial charge in [0.2, 0.25) is 0 Å². The van der Waals surface area contributed by atoms with Gasteiger partial charge in [-0.1, -0.05) is 0 Å². The van der Waals surface area contributed by atoms with Crippen LogP contribution in [0, 0.1) is 0 Å². The van der Waals surface area contributed by atoms with E-state index in [0.29, 0.717) is 42.9 Å². The van der Waals surface area contributed by atoms with Gasteiger partial charge in [0, 0.05) is 11.3 Å². The van der Waals surface area contributed by atoms with Crippen LogP contribution in [0.15, 0.2) is 47.4 Å². The third-order valence-corrected chi connectivity index (χ3v) is 4.38. The first-order chi connectivity index (χ1) is 12.8. The van der Waals surface area contributed by atoms with E-state index in [-0.39, 0.29) is 11.9 Å². The van der Waals surface area contributed by atoms with Gasteiger partial charge in [-0.15, -0.1) is 0 Å². The van der Waals surface area contributed by atoms with Gasteiger partial charge in [-0.25, -0.2) is 9.59 Å². The fraction of sp³-hybridized carbons (Fsp3) is 0.429. The molecule has 0 fully saturated rings. The Labute approximate surface area is 159 Å². The lowest BCUT2D eigenvalue weighted by atomic mass is 9.99. The molecule has 0 unspecified atom stereocenters. The van der Waals surface area contributed by atoms with Crippen molar-refractivity contribution >= 4 is 17.6 Å². The zero-order chi connectivity index (χ0) is 19.6. The molecule has 0 aromatic heterocycles. The van der Waals surface area contributed by atoms with Crippen LogP contribution in [0.3, 0.4) is 0 Å². The summed E-state index contributed by atoms with van der Waals surface area (Å²) in [5.74, 6) is 0.0624. The number of carbonyl (C=O) groups excluding carboxylic acids is 2. The summed E-state index contributed by atoms with van der Waals surface area (Å²) in [7, 11) is 1.38. The van der Waals surface area contributed by atoms with Crippen molar-refractivity contribution in [3.8, 4) is 0 Å². The molecule has 0 atom stereocenters. The van der Waals surface area contributed by atoms with Crippen molar-refractivity contribution in [2.75, 3.05) is 25.2 Å². The number of anilines is 1. The van der Waals surface area contributed by atoms with Crippen molar-refractivity contribution in [1.82, 2.24) is 0 Å². The number of rotatable bonds is 3. The number of carbonyl (C=O) groups is 2. The van der Waals surface area contributed by atoms with Crippen LogP contribution in [0.25, 0.3) is 0 Å². The molecule has 0 saturated carbocycles. The van der Waals surface area contributed by atoms with Crippen LogP contribution in [0.4, 0.5) is 5.69 Å². The lowest BCUT2D eigenvalue weighted by Gasteiger charge is -2.35. The standard InChI is InChI=1S/C21H25NO5/c1-21(2,3)27-20(24)14-5-8-16(9-6-14)22-11-12-26-18-13-15(19(23)25-4)7-10-17(18)22/h5-6,8-9,13H,7,10-12H2,1-4H3. The Hall–Kier alpha value is -2.76. The monoisotopic (exact) mass is 371 g/mol. The minimum absolute atomic E-state index is 0.316. The maximum atomic E-state index is 12.2. The van der Waals surface area contributed by atoms with E-state index in [1.165, 1.54) is 7.11 Å². The summed E-state index contributed by atoms with van der Waals surface area (Å²) in [6.07, 6.45) is 3.08. The number of methoxy groups -OCH3 is 1. The average Bonchev–Trinajstić information content (AvgIpc) is 2.65. The number of nitrogens with zero attached hydrogens (tertiary/aromatic N) is 1. The zero-order valence-electron chi connectivity index (χ0n) is 16.2. The number of ether oxygens (including phenoxy) is 3.